The lowest BCUT2D eigenvalue weighted by Crippen LogP contribution is -2.52. The lowest BCUT2D eigenvalue weighted by molar-refractivity contribution is -0.122. The van der Waals surface area contributed by atoms with Gasteiger partial charge in [0, 0.05) is 0 Å². The van der Waals surface area contributed by atoms with Gasteiger partial charge in [0.2, 0.25) is 11.6 Å². The van der Waals surface area contributed by atoms with Crippen molar-refractivity contribution < 1.29 is 44.7 Å². The number of benzene rings is 2. The molecule has 1 amide bonds. The van der Waals surface area contributed by atoms with E-state index >= 15 is 4.39 Å². The Hall–Kier alpha value is -3.29. The molecule has 158 valence electrons. The van der Waals surface area contributed by atoms with Crippen LogP contribution in [0.2, 0.25) is 0 Å². The zero-order chi connectivity index (χ0) is 22.7. The fourth-order valence-corrected chi connectivity index (χ4v) is 2.98. The minimum absolute atomic E-state index is 0.471. The summed E-state index contributed by atoms with van der Waals surface area (Å²) < 4.78 is 118. The maximum atomic E-state index is 15.3. The molecule has 1 aliphatic heterocycles. The van der Waals surface area contributed by atoms with Gasteiger partial charge in [-0.25, -0.2) is 30.7 Å². The van der Waals surface area contributed by atoms with Gasteiger partial charge in [0.25, 0.3) is 5.91 Å². The van der Waals surface area contributed by atoms with Crippen molar-refractivity contribution in [3.63, 3.8) is 0 Å². The van der Waals surface area contributed by atoms with E-state index in [0.717, 1.165) is 0 Å². The van der Waals surface area contributed by atoms with Crippen molar-refractivity contribution in [1.82, 2.24) is 0 Å². The number of amides is 1. The molecule has 0 spiro atoms. The molecule has 2 aromatic carbocycles. The van der Waals surface area contributed by atoms with E-state index in [2.05, 4.69) is 5.92 Å². The summed E-state index contributed by atoms with van der Waals surface area (Å²) in [5.41, 5.74) is -6.80. The van der Waals surface area contributed by atoms with Gasteiger partial charge >= 0.3 is 0 Å². The number of hydrogen-bond acceptors (Lipinski definition) is 2. The number of rotatable bonds is 2. The molecular formula is C19H9F8NO2. The number of halogens is 8. The first kappa shape index (κ1) is 21.4. The zero-order valence-corrected chi connectivity index (χ0v) is 15.1. The van der Waals surface area contributed by atoms with Crippen molar-refractivity contribution in [3.05, 3.63) is 46.5 Å². The van der Waals surface area contributed by atoms with Gasteiger partial charge in [-0.2, -0.15) is 4.39 Å². The van der Waals surface area contributed by atoms with E-state index in [4.69, 9.17) is 11.2 Å². The molecular weight excluding hydrogens is 426 g/mol. The fourth-order valence-electron chi connectivity index (χ4n) is 2.98. The predicted molar refractivity (Wildman–Crippen MR) is 87.4 cm³/mol. The lowest BCUT2D eigenvalue weighted by Gasteiger charge is -2.38. The lowest BCUT2D eigenvalue weighted by atomic mass is 9.96. The summed E-state index contributed by atoms with van der Waals surface area (Å²) in [4.78, 5) is 12.7. The molecule has 0 unspecified atom stereocenters. The largest absolute Gasteiger partial charge is 0.478 e. The van der Waals surface area contributed by atoms with Crippen LogP contribution in [0.4, 0.5) is 40.8 Å². The van der Waals surface area contributed by atoms with E-state index in [1.807, 2.05) is 0 Å². The van der Waals surface area contributed by atoms with Crippen LogP contribution < -0.4 is 9.64 Å². The molecule has 0 fully saturated rings. The predicted octanol–water partition coefficient (Wildman–Crippen LogP) is 4.60. The molecule has 0 saturated heterocycles. The van der Waals surface area contributed by atoms with Crippen molar-refractivity contribution in [2.45, 2.75) is 19.4 Å². The van der Waals surface area contributed by atoms with Gasteiger partial charge in [-0.3, -0.25) is 9.69 Å². The summed E-state index contributed by atoms with van der Waals surface area (Å²) in [5.74, 6) is -19.2. The Morgan fingerprint density at radius 1 is 0.800 bits per heavy atom. The Labute approximate surface area is 163 Å². The quantitative estimate of drug-likeness (QED) is 0.299. The average molecular weight is 435 g/mol. The number of carbonyl (C=O) groups is 1. The number of fused-ring (bicyclic) bond motifs is 1. The molecule has 0 bridgehead atoms. The second kappa shape index (κ2) is 6.90. The topological polar surface area (TPSA) is 29.5 Å². The van der Waals surface area contributed by atoms with Crippen LogP contribution in [0.15, 0.2) is 0 Å². The molecule has 2 aromatic rings. The van der Waals surface area contributed by atoms with Crippen molar-refractivity contribution in [2.24, 2.45) is 0 Å². The molecule has 3 rings (SSSR count). The monoisotopic (exact) mass is 435 g/mol. The highest BCUT2D eigenvalue weighted by Gasteiger charge is 2.43. The number of nitrogens with zero attached hydrogens (tertiary/aromatic N) is 1. The maximum Gasteiger partial charge on any atom is 0.266 e. The molecule has 0 aromatic heterocycles. The molecule has 0 radical (unpaired) electrons. The number of carbonyl (C=O) groups excluding carboxylic acids is 1. The summed E-state index contributed by atoms with van der Waals surface area (Å²) in [6, 6.07) is 0. The van der Waals surface area contributed by atoms with Crippen LogP contribution in [0.3, 0.4) is 0 Å². The highest BCUT2D eigenvalue weighted by molar-refractivity contribution is 6.01. The minimum Gasteiger partial charge on any atom is -0.478 e. The summed E-state index contributed by atoms with van der Waals surface area (Å²) in [7, 11) is 0. The van der Waals surface area contributed by atoms with Crippen LogP contribution >= 0.6 is 0 Å². The Morgan fingerprint density at radius 3 is 1.73 bits per heavy atom. The third-order valence-corrected chi connectivity index (χ3v) is 4.44. The van der Waals surface area contributed by atoms with Crippen LogP contribution in [0.5, 0.6) is 5.75 Å². The highest BCUT2D eigenvalue weighted by atomic mass is 19.2. The first-order valence-electron chi connectivity index (χ1n) is 8.02. The second-order valence-electron chi connectivity index (χ2n) is 6.66. The zero-order valence-electron chi connectivity index (χ0n) is 15.1. The number of anilines is 1. The van der Waals surface area contributed by atoms with Gasteiger partial charge in [-0.1, -0.05) is 5.92 Å². The summed E-state index contributed by atoms with van der Waals surface area (Å²) in [6.45, 7) is 1.54. The van der Waals surface area contributed by atoms with Gasteiger partial charge in [0.1, 0.15) is 11.2 Å². The van der Waals surface area contributed by atoms with Gasteiger partial charge in [-0.05, 0) is 13.8 Å². The highest BCUT2D eigenvalue weighted by Crippen LogP contribution is 2.47. The van der Waals surface area contributed by atoms with Crippen LogP contribution in [-0.4, -0.2) is 18.1 Å². The minimum atomic E-state index is -2.59. The maximum absolute atomic E-state index is 15.3. The first-order chi connectivity index (χ1) is 13.9. The fraction of sp³-hybridized carbons (Fsp3) is 0.211. The summed E-state index contributed by atoms with van der Waals surface area (Å²) >= 11 is 0. The molecule has 0 atom stereocenters. The SMILES string of the molecule is C#CC(C)(C)N1C(=O)COc2c(F)c(F)c(-c3c(F)c(F)c(F)c(F)c3F)c(F)c21. The van der Waals surface area contributed by atoms with E-state index in [9.17, 15) is 35.5 Å². The number of hydrogen-bond donors (Lipinski definition) is 0. The number of ether oxygens (including phenoxy) is 1. The molecule has 0 aliphatic carbocycles. The molecule has 0 saturated carbocycles. The van der Waals surface area contributed by atoms with E-state index in [1.165, 1.54) is 13.8 Å². The standard InChI is InChI=1S/C19H9F8NO2/c1-4-19(2,3)28-6(29)5-30-18-16(27)11(22)8(12(23)17(18)28)7-9(20)13(24)15(26)14(25)10(7)21/h1H,5H2,2-3H3. The smallest absolute Gasteiger partial charge is 0.266 e. The molecule has 0 N–H and O–H groups in total. The van der Waals surface area contributed by atoms with Crippen molar-refractivity contribution in [3.8, 4) is 29.2 Å². The third-order valence-electron chi connectivity index (χ3n) is 4.44. The Morgan fingerprint density at radius 2 is 1.23 bits per heavy atom. The number of terminal acetylenes is 1. The van der Waals surface area contributed by atoms with E-state index in [1.54, 1.807) is 0 Å². The van der Waals surface area contributed by atoms with Crippen LogP contribution in [0.1, 0.15) is 13.8 Å². The molecule has 1 aliphatic rings. The Bertz CT molecular complexity index is 1120. The van der Waals surface area contributed by atoms with Crippen LogP contribution in [0.25, 0.3) is 11.1 Å². The first-order valence-corrected chi connectivity index (χ1v) is 8.02. The molecule has 1 heterocycles. The third kappa shape index (κ3) is 2.78. The van der Waals surface area contributed by atoms with E-state index < -0.39 is 87.2 Å². The Balaban J connectivity index is 2.50. The van der Waals surface area contributed by atoms with Crippen molar-refractivity contribution in [2.75, 3.05) is 11.5 Å². The van der Waals surface area contributed by atoms with Crippen molar-refractivity contribution in [1.29, 1.82) is 0 Å². The molecule has 3 nitrogen and oxygen atoms in total. The van der Waals surface area contributed by atoms with Gasteiger partial charge < -0.3 is 4.74 Å². The Kier molecular flexibility index (Phi) is 4.92. The molecule has 30 heavy (non-hydrogen) atoms. The average Bonchev–Trinajstić information content (AvgIpc) is 2.71. The van der Waals surface area contributed by atoms with Crippen LogP contribution in [-0.2, 0) is 4.79 Å². The molecule has 11 heteroatoms. The summed E-state index contributed by atoms with van der Waals surface area (Å²) in [6.07, 6.45) is 5.29. The van der Waals surface area contributed by atoms with Gasteiger partial charge in [-0.15, -0.1) is 6.42 Å². The normalized spacial score (nSPS) is 13.8. The van der Waals surface area contributed by atoms with Crippen LogP contribution in [0, 0.1) is 58.9 Å². The van der Waals surface area contributed by atoms with Gasteiger partial charge in [0.15, 0.2) is 47.3 Å². The van der Waals surface area contributed by atoms with E-state index in [-0.39, 0.29) is 0 Å². The van der Waals surface area contributed by atoms with Gasteiger partial charge in [0.05, 0.1) is 11.1 Å². The van der Waals surface area contributed by atoms with E-state index in [0.29, 0.717) is 4.90 Å². The van der Waals surface area contributed by atoms with Crippen molar-refractivity contribution >= 4 is 11.6 Å². The summed E-state index contributed by atoms with van der Waals surface area (Å²) in [5, 5.41) is 0. The second-order valence-corrected chi connectivity index (χ2v) is 6.66.